The molecule has 55 heavy (non-hydrogen) atoms. The molecular formula is C53H37NO. The van der Waals surface area contributed by atoms with Gasteiger partial charge < -0.3 is 9.32 Å². The van der Waals surface area contributed by atoms with E-state index in [1.54, 1.807) is 0 Å². The summed E-state index contributed by atoms with van der Waals surface area (Å²) in [5, 5.41) is 7.10. The van der Waals surface area contributed by atoms with Crippen LogP contribution >= 0.6 is 0 Å². The second-order valence-electron chi connectivity index (χ2n) is 15.3. The van der Waals surface area contributed by atoms with E-state index in [-0.39, 0.29) is 5.41 Å². The van der Waals surface area contributed by atoms with Gasteiger partial charge in [-0.1, -0.05) is 153 Å². The van der Waals surface area contributed by atoms with Crippen molar-refractivity contribution in [1.82, 2.24) is 0 Å². The number of fused-ring (bicyclic) bond motifs is 9. The lowest BCUT2D eigenvalue weighted by molar-refractivity contribution is 0.660. The molecule has 0 saturated heterocycles. The average molecular weight is 704 g/mol. The van der Waals surface area contributed by atoms with Gasteiger partial charge in [0.15, 0.2) is 0 Å². The largest absolute Gasteiger partial charge is 0.455 e. The summed E-state index contributed by atoms with van der Waals surface area (Å²) in [5.74, 6) is 0. The summed E-state index contributed by atoms with van der Waals surface area (Å²) in [6, 6.07) is 68.4. The minimum atomic E-state index is -0.105. The van der Waals surface area contributed by atoms with Crippen LogP contribution in [-0.4, -0.2) is 0 Å². The Morgan fingerprint density at radius 1 is 0.436 bits per heavy atom. The average Bonchev–Trinajstić information content (AvgIpc) is 3.74. The van der Waals surface area contributed by atoms with Gasteiger partial charge in [-0.15, -0.1) is 0 Å². The molecule has 0 atom stereocenters. The first-order chi connectivity index (χ1) is 27.0. The molecule has 1 aliphatic carbocycles. The van der Waals surface area contributed by atoms with E-state index in [9.17, 15) is 0 Å². The fourth-order valence-corrected chi connectivity index (χ4v) is 9.10. The zero-order valence-corrected chi connectivity index (χ0v) is 30.8. The van der Waals surface area contributed by atoms with Gasteiger partial charge in [-0.25, -0.2) is 0 Å². The Hall–Kier alpha value is -6.90. The van der Waals surface area contributed by atoms with E-state index >= 15 is 0 Å². The number of rotatable bonds is 5. The molecule has 0 saturated carbocycles. The third-order valence-electron chi connectivity index (χ3n) is 11.8. The van der Waals surface area contributed by atoms with E-state index in [2.05, 4.69) is 201 Å². The highest BCUT2D eigenvalue weighted by Crippen LogP contribution is 2.54. The van der Waals surface area contributed by atoms with Crippen molar-refractivity contribution in [2.75, 3.05) is 4.90 Å². The molecule has 0 bridgehead atoms. The van der Waals surface area contributed by atoms with Gasteiger partial charge in [-0.3, -0.25) is 0 Å². The second-order valence-corrected chi connectivity index (χ2v) is 15.3. The monoisotopic (exact) mass is 703 g/mol. The van der Waals surface area contributed by atoms with Crippen LogP contribution in [0.25, 0.3) is 76.9 Å². The molecule has 2 nitrogen and oxygen atoms in total. The van der Waals surface area contributed by atoms with E-state index in [4.69, 9.17) is 4.42 Å². The summed E-state index contributed by atoms with van der Waals surface area (Å²) in [6.45, 7) is 4.70. The Morgan fingerprint density at radius 2 is 1.05 bits per heavy atom. The van der Waals surface area contributed by atoms with Crippen LogP contribution in [0.1, 0.15) is 25.0 Å². The van der Waals surface area contributed by atoms with Gasteiger partial charge >= 0.3 is 0 Å². The van der Waals surface area contributed by atoms with Crippen LogP contribution < -0.4 is 4.90 Å². The number of benzene rings is 9. The van der Waals surface area contributed by atoms with Crippen LogP contribution in [0.4, 0.5) is 17.1 Å². The lowest BCUT2D eigenvalue weighted by atomic mass is 9.82. The number of hydrogen-bond acceptors (Lipinski definition) is 2. The summed E-state index contributed by atoms with van der Waals surface area (Å²) < 4.78 is 6.55. The predicted octanol–water partition coefficient (Wildman–Crippen LogP) is 15.0. The van der Waals surface area contributed by atoms with Crippen molar-refractivity contribution >= 4 is 60.5 Å². The molecule has 0 spiro atoms. The number of nitrogens with zero attached hydrogens (tertiary/aromatic N) is 1. The molecule has 0 aliphatic heterocycles. The van der Waals surface area contributed by atoms with Gasteiger partial charge in [0.25, 0.3) is 0 Å². The maximum atomic E-state index is 6.55. The topological polar surface area (TPSA) is 16.4 Å². The minimum absolute atomic E-state index is 0.105. The van der Waals surface area contributed by atoms with Crippen molar-refractivity contribution in [3.8, 4) is 33.4 Å². The first kappa shape index (κ1) is 31.6. The van der Waals surface area contributed by atoms with Gasteiger partial charge in [0.2, 0.25) is 0 Å². The molecule has 11 rings (SSSR count). The molecule has 260 valence electrons. The molecule has 0 unspecified atom stereocenters. The standard InChI is InChI=1S/C53H37NO/c1-53(2)46-18-9-7-16-43(46)51-47(53)19-11-20-48(51)54(40-28-24-35(25-29-40)38-23-22-34-12-3-4-13-37(34)32-38)41-30-26-36(27-31-41)45-33-39-14-5-6-15-42(39)52-50(45)44-17-8-10-21-49(44)55-52/h3-33H,1-2H3. The fraction of sp³-hybridized carbons (Fsp3) is 0.0566. The maximum absolute atomic E-state index is 6.55. The van der Waals surface area contributed by atoms with E-state index in [1.165, 1.54) is 60.8 Å². The molecule has 0 fully saturated rings. The molecule has 0 amide bonds. The summed E-state index contributed by atoms with van der Waals surface area (Å²) >= 11 is 0. The summed E-state index contributed by atoms with van der Waals surface area (Å²) in [4.78, 5) is 2.44. The van der Waals surface area contributed by atoms with Crippen LogP contribution in [0.15, 0.2) is 192 Å². The second kappa shape index (κ2) is 12.1. The Bertz CT molecular complexity index is 3110. The maximum Gasteiger partial charge on any atom is 0.143 e. The third kappa shape index (κ3) is 4.88. The van der Waals surface area contributed by atoms with Crippen LogP contribution in [0.5, 0.6) is 0 Å². The molecule has 0 radical (unpaired) electrons. The number of para-hydroxylation sites is 1. The van der Waals surface area contributed by atoms with Crippen molar-refractivity contribution in [2.24, 2.45) is 0 Å². The van der Waals surface area contributed by atoms with Crippen LogP contribution in [-0.2, 0) is 5.41 Å². The Labute approximate surface area is 320 Å². The Balaban J connectivity index is 1.08. The van der Waals surface area contributed by atoms with Gasteiger partial charge in [0.05, 0.1) is 5.69 Å². The van der Waals surface area contributed by atoms with E-state index in [0.29, 0.717) is 0 Å². The van der Waals surface area contributed by atoms with Crippen LogP contribution in [0.2, 0.25) is 0 Å². The molecular weight excluding hydrogens is 667 g/mol. The van der Waals surface area contributed by atoms with Gasteiger partial charge in [0, 0.05) is 38.5 Å². The number of hydrogen-bond donors (Lipinski definition) is 0. The number of anilines is 3. The molecule has 2 heteroatoms. The molecule has 1 aliphatic rings. The van der Waals surface area contributed by atoms with Crippen LogP contribution in [0.3, 0.4) is 0 Å². The quantitative estimate of drug-likeness (QED) is 0.177. The van der Waals surface area contributed by atoms with Crippen molar-refractivity contribution in [3.05, 3.63) is 199 Å². The van der Waals surface area contributed by atoms with Crippen molar-refractivity contribution in [2.45, 2.75) is 19.3 Å². The fourth-order valence-electron chi connectivity index (χ4n) is 9.10. The molecule has 10 aromatic rings. The van der Waals surface area contributed by atoms with Gasteiger partial charge in [0.1, 0.15) is 11.2 Å². The molecule has 1 aromatic heterocycles. The van der Waals surface area contributed by atoms with Crippen molar-refractivity contribution in [3.63, 3.8) is 0 Å². The third-order valence-corrected chi connectivity index (χ3v) is 11.8. The lowest BCUT2D eigenvalue weighted by Crippen LogP contribution is -2.16. The smallest absolute Gasteiger partial charge is 0.143 e. The predicted molar refractivity (Wildman–Crippen MR) is 232 cm³/mol. The summed E-state index contributed by atoms with van der Waals surface area (Å²) in [7, 11) is 0. The highest BCUT2D eigenvalue weighted by molar-refractivity contribution is 6.21. The summed E-state index contributed by atoms with van der Waals surface area (Å²) in [6.07, 6.45) is 0. The normalized spacial score (nSPS) is 13.1. The highest BCUT2D eigenvalue weighted by Gasteiger charge is 2.37. The van der Waals surface area contributed by atoms with Crippen molar-refractivity contribution in [1.29, 1.82) is 0 Å². The van der Waals surface area contributed by atoms with E-state index in [0.717, 1.165) is 44.3 Å². The Morgan fingerprint density at radius 3 is 1.85 bits per heavy atom. The zero-order chi connectivity index (χ0) is 36.7. The molecule has 9 aromatic carbocycles. The first-order valence-electron chi connectivity index (χ1n) is 19.1. The van der Waals surface area contributed by atoms with E-state index < -0.39 is 0 Å². The Kier molecular flexibility index (Phi) is 6.93. The SMILES string of the molecule is CC1(C)c2ccccc2-c2c(N(c3ccc(-c4ccc5ccccc5c4)cc3)c3ccc(-c4cc5ccccc5c5oc6ccccc6c45)cc3)cccc21. The van der Waals surface area contributed by atoms with Gasteiger partial charge in [-0.05, 0) is 104 Å². The first-order valence-corrected chi connectivity index (χ1v) is 19.1. The number of furan rings is 1. The minimum Gasteiger partial charge on any atom is -0.455 e. The zero-order valence-electron chi connectivity index (χ0n) is 30.8. The van der Waals surface area contributed by atoms with Crippen LogP contribution in [0, 0.1) is 0 Å². The summed E-state index contributed by atoms with van der Waals surface area (Å²) in [5.41, 5.74) is 15.2. The lowest BCUT2D eigenvalue weighted by Gasteiger charge is -2.29. The molecule has 1 heterocycles. The van der Waals surface area contributed by atoms with Crippen molar-refractivity contribution < 1.29 is 4.42 Å². The van der Waals surface area contributed by atoms with Gasteiger partial charge in [-0.2, -0.15) is 0 Å². The highest BCUT2D eigenvalue weighted by atomic mass is 16.3. The molecule has 0 N–H and O–H groups in total. The van der Waals surface area contributed by atoms with E-state index in [1.807, 2.05) is 6.07 Å².